The van der Waals surface area contributed by atoms with Crippen LogP contribution in [0.15, 0.2) is 42.5 Å². The van der Waals surface area contributed by atoms with Crippen LogP contribution in [0.4, 0.5) is 0 Å². The predicted molar refractivity (Wildman–Crippen MR) is 109 cm³/mol. The highest BCUT2D eigenvalue weighted by atomic mass is 16.5. The minimum atomic E-state index is -0.357. The first-order valence-corrected chi connectivity index (χ1v) is 9.84. The summed E-state index contributed by atoms with van der Waals surface area (Å²) in [5, 5.41) is 0. The Hall–Kier alpha value is -2.33. The number of carbonyl (C=O) groups excluding carboxylic acids is 1. The summed E-state index contributed by atoms with van der Waals surface area (Å²) in [6, 6.07) is 13.4. The van der Waals surface area contributed by atoms with E-state index >= 15 is 0 Å². The molecule has 144 valence electrons. The third kappa shape index (κ3) is 4.69. The van der Waals surface area contributed by atoms with Crippen molar-refractivity contribution in [3.05, 3.63) is 59.2 Å². The van der Waals surface area contributed by atoms with E-state index in [0.29, 0.717) is 17.4 Å². The Morgan fingerprint density at radius 2 is 1.81 bits per heavy atom. The van der Waals surface area contributed by atoms with Gasteiger partial charge in [-0.2, -0.15) is 0 Å². The molecule has 0 spiro atoms. The van der Waals surface area contributed by atoms with E-state index in [-0.39, 0.29) is 5.91 Å². The fourth-order valence-corrected chi connectivity index (χ4v) is 4.10. The molecule has 2 N–H and O–H groups in total. The van der Waals surface area contributed by atoms with E-state index in [1.54, 1.807) is 0 Å². The number of hydrogen-bond donors (Lipinski definition) is 1. The number of carbonyl (C=O) groups is 1. The lowest BCUT2D eigenvalue weighted by Crippen LogP contribution is -2.36. The van der Waals surface area contributed by atoms with Crippen LogP contribution in [0.3, 0.4) is 0 Å². The summed E-state index contributed by atoms with van der Waals surface area (Å²) in [6.07, 6.45) is 2.09. The molecule has 1 fully saturated rings. The van der Waals surface area contributed by atoms with Gasteiger partial charge in [-0.1, -0.05) is 32.0 Å². The van der Waals surface area contributed by atoms with Gasteiger partial charge in [0.25, 0.3) is 0 Å². The SMILES string of the molecule is Cc1c(Oc2ccccc2)ccc(C(N)=O)c1C1CCN(CC(C)C)CC1. The number of piperidine rings is 1. The lowest BCUT2D eigenvalue weighted by atomic mass is 9.83. The third-order valence-corrected chi connectivity index (χ3v) is 5.32. The van der Waals surface area contributed by atoms with Gasteiger partial charge in [-0.25, -0.2) is 0 Å². The van der Waals surface area contributed by atoms with E-state index in [0.717, 1.165) is 55.1 Å². The zero-order chi connectivity index (χ0) is 19.4. The largest absolute Gasteiger partial charge is 0.457 e. The van der Waals surface area contributed by atoms with Crippen molar-refractivity contribution in [2.45, 2.75) is 39.5 Å². The zero-order valence-corrected chi connectivity index (χ0v) is 16.6. The third-order valence-electron chi connectivity index (χ3n) is 5.32. The van der Waals surface area contributed by atoms with Crippen LogP contribution in [-0.2, 0) is 0 Å². The summed E-state index contributed by atoms with van der Waals surface area (Å²) in [5.41, 5.74) is 8.43. The van der Waals surface area contributed by atoms with Gasteiger partial charge in [-0.05, 0) is 80.1 Å². The average Bonchev–Trinajstić information content (AvgIpc) is 2.64. The molecule has 0 bridgehead atoms. The van der Waals surface area contributed by atoms with E-state index in [1.807, 2.05) is 49.4 Å². The van der Waals surface area contributed by atoms with Crippen LogP contribution in [0.5, 0.6) is 11.5 Å². The van der Waals surface area contributed by atoms with Crippen LogP contribution < -0.4 is 10.5 Å². The van der Waals surface area contributed by atoms with E-state index in [1.165, 1.54) is 0 Å². The maximum absolute atomic E-state index is 12.1. The molecule has 0 unspecified atom stereocenters. The Labute approximate surface area is 162 Å². The van der Waals surface area contributed by atoms with Crippen molar-refractivity contribution < 1.29 is 9.53 Å². The Balaban J connectivity index is 1.86. The van der Waals surface area contributed by atoms with Crippen molar-refractivity contribution >= 4 is 5.91 Å². The second-order valence-electron chi connectivity index (χ2n) is 7.90. The number of benzene rings is 2. The molecule has 2 aromatic rings. The number of para-hydroxylation sites is 1. The van der Waals surface area contributed by atoms with Gasteiger partial charge in [-0.15, -0.1) is 0 Å². The van der Waals surface area contributed by atoms with Gasteiger partial charge in [0.2, 0.25) is 5.91 Å². The molecule has 1 heterocycles. The first-order chi connectivity index (χ1) is 13.0. The molecule has 0 aromatic heterocycles. The number of likely N-dealkylation sites (tertiary alicyclic amines) is 1. The number of ether oxygens (including phenoxy) is 1. The predicted octanol–water partition coefficient (Wildman–Crippen LogP) is 4.72. The highest BCUT2D eigenvalue weighted by molar-refractivity contribution is 5.95. The van der Waals surface area contributed by atoms with Crippen molar-refractivity contribution in [1.29, 1.82) is 0 Å². The lowest BCUT2D eigenvalue weighted by molar-refractivity contribution is 0.0998. The van der Waals surface area contributed by atoms with Crippen molar-refractivity contribution in [3.8, 4) is 11.5 Å². The lowest BCUT2D eigenvalue weighted by Gasteiger charge is -2.34. The smallest absolute Gasteiger partial charge is 0.249 e. The summed E-state index contributed by atoms with van der Waals surface area (Å²) in [7, 11) is 0. The molecule has 1 amide bonds. The highest BCUT2D eigenvalue weighted by Crippen LogP contribution is 2.38. The second kappa shape index (κ2) is 8.57. The van der Waals surface area contributed by atoms with Crippen LogP contribution >= 0.6 is 0 Å². The number of nitrogens with zero attached hydrogens (tertiary/aromatic N) is 1. The molecule has 0 aliphatic carbocycles. The minimum absolute atomic E-state index is 0.343. The summed E-state index contributed by atoms with van der Waals surface area (Å²) in [5.74, 6) is 2.25. The molecule has 27 heavy (non-hydrogen) atoms. The normalized spacial score (nSPS) is 15.9. The van der Waals surface area contributed by atoms with Crippen molar-refractivity contribution in [2.24, 2.45) is 11.7 Å². The molecule has 4 heteroatoms. The van der Waals surface area contributed by atoms with Crippen LogP contribution in [0.2, 0.25) is 0 Å². The van der Waals surface area contributed by atoms with Gasteiger partial charge < -0.3 is 15.4 Å². The molecule has 1 aliphatic rings. The number of rotatable bonds is 6. The Kier molecular flexibility index (Phi) is 6.17. The van der Waals surface area contributed by atoms with E-state index in [4.69, 9.17) is 10.5 Å². The summed E-state index contributed by atoms with van der Waals surface area (Å²) < 4.78 is 6.09. The standard InChI is InChI=1S/C23H30N2O2/c1-16(2)15-25-13-11-18(12-14-25)22-17(3)21(10-9-20(22)23(24)26)27-19-7-5-4-6-8-19/h4-10,16,18H,11-15H2,1-3H3,(H2,24,26). The molecule has 1 saturated heterocycles. The fraction of sp³-hybridized carbons (Fsp3) is 0.435. The van der Waals surface area contributed by atoms with Crippen LogP contribution in [0.1, 0.15) is 54.1 Å². The van der Waals surface area contributed by atoms with Gasteiger partial charge in [0.15, 0.2) is 0 Å². The van der Waals surface area contributed by atoms with Crippen LogP contribution in [0.25, 0.3) is 0 Å². The van der Waals surface area contributed by atoms with E-state index in [9.17, 15) is 4.79 Å². The van der Waals surface area contributed by atoms with E-state index in [2.05, 4.69) is 18.7 Å². The first kappa shape index (κ1) is 19.4. The number of hydrogen-bond acceptors (Lipinski definition) is 3. The minimum Gasteiger partial charge on any atom is -0.457 e. The number of nitrogens with two attached hydrogens (primary N) is 1. The van der Waals surface area contributed by atoms with Crippen LogP contribution in [-0.4, -0.2) is 30.4 Å². The number of primary amides is 1. The topological polar surface area (TPSA) is 55.6 Å². The molecule has 0 atom stereocenters. The zero-order valence-electron chi connectivity index (χ0n) is 16.6. The summed E-state index contributed by atoms with van der Waals surface area (Å²) in [6.45, 7) is 9.80. The fourth-order valence-electron chi connectivity index (χ4n) is 4.10. The molecule has 2 aromatic carbocycles. The van der Waals surface area contributed by atoms with Gasteiger partial charge in [0.05, 0.1) is 0 Å². The van der Waals surface area contributed by atoms with Gasteiger partial charge in [0, 0.05) is 12.1 Å². The van der Waals surface area contributed by atoms with Crippen molar-refractivity contribution in [1.82, 2.24) is 4.90 Å². The average molecular weight is 367 g/mol. The maximum atomic E-state index is 12.1. The second-order valence-corrected chi connectivity index (χ2v) is 7.90. The molecular formula is C23H30N2O2. The van der Waals surface area contributed by atoms with Gasteiger partial charge in [-0.3, -0.25) is 4.79 Å². The van der Waals surface area contributed by atoms with Gasteiger partial charge in [0.1, 0.15) is 11.5 Å². The quantitative estimate of drug-likeness (QED) is 0.805. The van der Waals surface area contributed by atoms with Crippen molar-refractivity contribution in [3.63, 3.8) is 0 Å². The molecule has 3 rings (SSSR count). The maximum Gasteiger partial charge on any atom is 0.249 e. The molecular weight excluding hydrogens is 336 g/mol. The summed E-state index contributed by atoms with van der Waals surface area (Å²) >= 11 is 0. The monoisotopic (exact) mass is 366 g/mol. The van der Waals surface area contributed by atoms with Crippen LogP contribution in [0, 0.1) is 12.8 Å². The summed E-state index contributed by atoms with van der Waals surface area (Å²) in [4.78, 5) is 14.6. The molecule has 0 saturated carbocycles. The Morgan fingerprint density at radius 3 is 2.41 bits per heavy atom. The first-order valence-electron chi connectivity index (χ1n) is 9.84. The van der Waals surface area contributed by atoms with Crippen molar-refractivity contribution in [2.75, 3.05) is 19.6 Å². The molecule has 0 radical (unpaired) electrons. The Bertz CT molecular complexity index is 778. The van der Waals surface area contributed by atoms with Gasteiger partial charge >= 0.3 is 0 Å². The Morgan fingerprint density at radius 1 is 1.15 bits per heavy atom. The molecule has 1 aliphatic heterocycles. The van der Waals surface area contributed by atoms with E-state index < -0.39 is 0 Å². The number of amides is 1. The highest BCUT2D eigenvalue weighted by Gasteiger charge is 2.27. The molecule has 4 nitrogen and oxygen atoms in total.